The third kappa shape index (κ3) is 5.35. The molecule has 6 heteroatoms. The lowest BCUT2D eigenvalue weighted by Crippen LogP contribution is -2.24. The van der Waals surface area contributed by atoms with Crippen molar-refractivity contribution < 1.29 is 9.53 Å². The number of rotatable bonds is 10. The highest BCUT2D eigenvalue weighted by Gasteiger charge is 2.17. The number of thiazole rings is 1. The number of carbonyl (C=O) groups is 1. The summed E-state index contributed by atoms with van der Waals surface area (Å²) < 4.78 is 8.77. The van der Waals surface area contributed by atoms with Gasteiger partial charge in [-0.25, -0.2) is 4.98 Å². The van der Waals surface area contributed by atoms with Crippen molar-refractivity contribution >= 4 is 32.3 Å². The summed E-state index contributed by atoms with van der Waals surface area (Å²) in [6, 6.07) is 15.0. The number of aromatic nitrogens is 2. The van der Waals surface area contributed by atoms with E-state index in [4.69, 9.17) is 9.72 Å². The Morgan fingerprint density at radius 1 is 1.09 bits per heavy atom. The van der Waals surface area contributed by atoms with Crippen molar-refractivity contribution in [1.82, 2.24) is 14.3 Å². The van der Waals surface area contributed by atoms with Crippen LogP contribution >= 0.6 is 11.3 Å². The van der Waals surface area contributed by atoms with Gasteiger partial charge in [0.2, 0.25) is 0 Å². The zero-order chi connectivity index (χ0) is 24.2. The first-order chi connectivity index (χ1) is 17.2. The normalized spacial score (nSPS) is 14.9. The van der Waals surface area contributed by atoms with Crippen LogP contribution in [0.25, 0.3) is 26.4 Å². The number of imidazole rings is 1. The van der Waals surface area contributed by atoms with Gasteiger partial charge in [0.1, 0.15) is 0 Å². The summed E-state index contributed by atoms with van der Waals surface area (Å²) in [5, 5.41) is 0. The quantitative estimate of drug-likeness (QED) is 0.181. The van der Waals surface area contributed by atoms with Crippen LogP contribution in [0.15, 0.2) is 48.7 Å². The molecule has 184 valence electrons. The average Bonchev–Trinajstić information content (AvgIpc) is 3.47. The Kier molecular flexibility index (Phi) is 7.61. The smallest absolute Gasteiger partial charge is 0.195 e. The van der Waals surface area contributed by atoms with Crippen LogP contribution in [-0.2, 0) is 4.74 Å². The predicted molar refractivity (Wildman–Crippen MR) is 145 cm³/mol. The van der Waals surface area contributed by atoms with Gasteiger partial charge < -0.3 is 9.64 Å². The number of benzene rings is 2. The molecule has 0 unspecified atom stereocenters. The van der Waals surface area contributed by atoms with E-state index in [1.54, 1.807) is 11.3 Å². The first-order valence-corrected chi connectivity index (χ1v) is 13.8. The van der Waals surface area contributed by atoms with Crippen LogP contribution in [0.2, 0.25) is 0 Å². The molecule has 0 radical (unpaired) electrons. The van der Waals surface area contributed by atoms with Crippen LogP contribution in [0.4, 0.5) is 0 Å². The average molecular weight is 490 g/mol. The predicted octanol–water partition coefficient (Wildman–Crippen LogP) is 6.80. The number of unbranched alkanes of at least 4 members (excludes halogenated alkanes) is 1. The Labute approximate surface area is 211 Å². The molecular formula is C29H35N3O2S. The van der Waals surface area contributed by atoms with Crippen LogP contribution in [0, 0.1) is 0 Å². The van der Waals surface area contributed by atoms with E-state index in [0.717, 1.165) is 90.5 Å². The molecule has 0 amide bonds. The molecule has 1 aliphatic rings. The number of ketones is 1. The largest absolute Gasteiger partial charge is 0.381 e. The molecule has 1 fully saturated rings. The lowest BCUT2D eigenvalue weighted by molar-refractivity contribution is 0.0853. The minimum absolute atomic E-state index is 0.239. The number of Topliss-reactive ketones (excluding diaryl/α,β-unsaturated/α-hetero) is 1. The van der Waals surface area contributed by atoms with E-state index < -0.39 is 0 Å². The van der Waals surface area contributed by atoms with Crippen LogP contribution < -0.4 is 0 Å². The molecule has 5 rings (SSSR count). The monoisotopic (exact) mass is 489 g/mol. The van der Waals surface area contributed by atoms with Crippen LogP contribution in [0.5, 0.6) is 0 Å². The topological polar surface area (TPSA) is 46.8 Å². The fourth-order valence-corrected chi connectivity index (χ4v) is 6.12. The molecule has 0 atom stereocenters. The standard InChI is InChI=1S/C29H35N3O2S/c1-3-31(4-2)16-6-5-7-27(33)24-12-13-26-28(19-24)35-29-30-25(20-32(26)29)23-10-8-21(9-11-23)22-14-17-34-18-15-22/h8-13,19-20,22H,3-7,14-18H2,1-2H3. The summed E-state index contributed by atoms with van der Waals surface area (Å²) in [6.45, 7) is 9.32. The van der Waals surface area contributed by atoms with Crippen molar-refractivity contribution in [2.45, 2.75) is 51.9 Å². The van der Waals surface area contributed by atoms with Crippen molar-refractivity contribution in [3.8, 4) is 11.3 Å². The molecule has 4 aromatic rings. The highest BCUT2D eigenvalue weighted by atomic mass is 32.1. The number of nitrogens with zero attached hydrogens (tertiary/aromatic N) is 3. The van der Waals surface area contributed by atoms with Crippen molar-refractivity contribution in [2.24, 2.45) is 0 Å². The van der Waals surface area contributed by atoms with E-state index in [1.807, 2.05) is 12.1 Å². The second kappa shape index (κ2) is 11.0. The Morgan fingerprint density at radius 2 is 1.86 bits per heavy atom. The zero-order valence-corrected chi connectivity index (χ0v) is 21.7. The Balaban J connectivity index is 1.27. The molecule has 35 heavy (non-hydrogen) atoms. The maximum atomic E-state index is 12.8. The second-order valence-corrected chi connectivity index (χ2v) is 10.5. The molecular weight excluding hydrogens is 454 g/mol. The van der Waals surface area contributed by atoms with E-state index in [1.165, 1.54) is 5.56 Å². The summed E-state index contributed by atoms with van der Waals surface area (Å²) in [4.78, 5) is 21.0. The first-order valence-electron chi connectivity index (χ1n) is 13.0. The molecule has 1 aliphatic heterocycles. The van der Waals surface area contributed by atoms with Gasteiger partial charge in [-0.05, 0) is 75.0 Å². The van der Waals surface area contributed by atoms with Gasteiger partial charge in [0.05, 0.1) is 15.9 Å². The minimum Gasteiger partial charge on any atom is -0.381 e. The van der Waals surface area contributed by atoms with Gasteiger partial charge in [-0.1, -0.05) is 49.4 Å². The minimum atomic E-state index is 0.239. The van der Waals surface area contributed by atoms with E-state index in [2.05, 4.69) is 59.7 Å². The lowest BCUT2D eigenvalue weighted by atomic mass is 9.91. The summed E-state index contributed by atoms with van der Waals surface area (Å²) in [5.41, 5.74) is 5.45. The molecule has 0 bridgehead atoms. The summed E-state index contributed by atoms with van der Waals surface area (Å²) >= 11 is 1.65. The number of ether oxygens (including phenoxy) is 1. The van der Waals surface area contributed by atoms with Gasteiger partial charge in [-0.15, -0.1) is 0 Å². The zero-order valence-electron chi connectivity index (χ0n) is 20.8. The molecule has 0 saturated carbocycles. The molecule has 5 nitrogen and oxygen atoms in total. The van der Waals surface area contributed by atoms with Gasteiger partial charge >= 0.3 is 0 Å². The van der Waals surface area contributed by atoms with Crippen LogP contribution in [0.3, 0.4) is 0 Å². The molecule has 0 N–H and O–H groups in total. The highest BCUT2D eigenvalue weighted by molar-refractivity contribution is 7.23. The Bertz CT molecular complexity index is 1280. The van der Waals surface area contributed by atoms with E-state index in [0.29, 0.717) is 12.3 Å². The molecule has 0 aliphatic carbocycles. The fourth-order valence-electron chi connectivity index (χ4n) is 5.08. The molecule has 2 aromatic carbocycles. The number of hydrogen-bond acceptors (Lipinski definition) is 5. The first kappa shape index (κ1) is 24.2. The van der Waals surface area contributed by atoms with Crippen molar-refractivity contribution in [3.63, 3.8) is 0 Å². The Hall–Kier alpha value is -2.54. The van der Waals surface area contributed by atoms with Gasteiger partial charge in [-0.2, -0.15) is 0 Å². The van der Waals surface area contributed by atoms with Gasteiger partial charge in [0.25, 0.3) is 0 Å². The SMILES string of the molecule is CCN(CC)CCCCC(=O)c1ccc2c(c1)sc1nc(-c3ccc(C4CCOCC4)cc3)cn12. The molecule has 1 saturated heterocycles. The second-order valence-electron chi connectivity index (χ2n) is 9.48. The van der Waals surface area contributed by atoms with Crippen LogP contribution in [-0.4, -0.2) is 52.9 Å². The number of fused-ring (bicyclic) bond motifs is 3. The van der Waals surface area contributed by atoms with E-state index >= 15 is 0 Å². The third-order valence-corrected chi connectivity index (χ3v) is 8.36. The summed E-state index contributed by atoms with van der Waals surface area (Å²) in [7, 11) is 0. The van der Waals surface area contributed by atoms with Crippen molar-refractivity contribution in [2.75, 3.05) is 32.8 Å². The molecule has 3 heterocycles. The maximum absolute atomic E-state index is 12.8. The van der Waals surface area contributed by atoms with Gasteiger partial charge in [0, 0.05) is 37.0 Å². The van der Waals surface area contributed by atoms with Gasteiger partial charge in [0.15, 0.2) is 10.7 Å². The third-order valence-electron chi connectivity index (χ3n) is 7.34. The fraction of sp³-hybridized carbons (Fsp3) is 0.448. The van der Waals surface area contributed by atoms with E-state index in [9.17, 15) is 4.79 Å². The molecule has 0 spiro atoms. The lowest BCUT2D eigenvalue weighted by Gasteiger charge is -2.22. The summed E-state index contributed by atoms with van der Waals surface area (Å²) in [6.07, 6.45) is 6.95. The van der Waals surface area contributed by atoms with Crippen molar-refractivity contribution in [3.05, 3.63) is 59.8 Å². The van der Waals surface area contributed by atoms with E-state index in [-0.39, 0.29) is 5.78 Å². The number of hydrogen-bond donors (Lipinski definition) is 0. The summed E-state index contributed by atoms with van der Waals surface area (Å²) in [5.74, 6) is 0.842. The number of carbonyl (C=O) groups excluding carboxylic acids is 1. The van der Waals surface area contributed by atoms with Crippen LogP contribution in [0.1, 0.15) is 67.8 Å². The Morgan fingerprint density at radius 3 is 2.60 bits per heavy atom. The highest BCUT2D eigenvalue weighted by Crippen LogP contribution is 2.32. The molecule has 2 aromatic heterocycles. The van der Waals surface area contributed by atoms with Gasteiger partial charge in [-0.3, -0.25) is 9.20 Å². The maximum Gasteiger partial charge on any atom is 0.195 e. The van der Waals surface area contributed by atoms with Crippen molar-refractivity contribution in [1.29, 1.82) is 0 Å².